The van der Waals surface area contributed by atoms with E-state index in [0.717, 1.165) is 6.07 Å². The molecule has 0 heterocycles. The molecule has 0 N–H and O–H groups in total. The van der Waals surface area contributed by atoms with Gasteiger partial charge in [-0.25, -0.2) is 0 Å². The van der Waals surface area contributed by atoms with E-state index in [2.05, 4.69) is 15.9 Å². The first-order valence-corrected chi connectivity index (χ1v) is 5.26. The maximum atomic E-state index is 12.5. The van der Waals surface area contributed by atoms with Crippen molar-refractivity contribution in [3.05, 3.63) is 39.9 Å². The Kier molecular flexibility index (Phi) is 4.56. The Hall–Kier alpha value is -0.810. The smallest absolute Gasteiger partial charge is 0.381 e. The molecular weight excluding hydrogens is 285 g/mol. The highest BCUT2D eigenvalue weighted by Gasteiger charge is 2.32. The van der Waals surface area contributed by atoms with Crippen LogP contribution in [0.3, 0.4) is 0 Å². The summed E-state index contributed by atoms with van der Waals surface area (Å²) in [6.45, 7) is 0.372. The largest absolute Gasteiger partial charge is 0.417 e. The van der Waals surface area contributed by atoms with Crippen molar-refractivity contribution in [3.8, 4) is 0 Å². The summed E-state index contributed by atoms with van der Waals surface area (Å²) >= 11 is 2.88. The molecule has 1 aromatic rings. The maximum absolute atomic E-state index is 12.5. The fourth-order valence-corrected chi connectivity index (χ4v) is 1.62. The molecule has 0 atom stereocenters. The number of hydrogen-bond donors (Lipinski definition) is 0. The predicted molar refractivity (Wildman–Crippen MR) is 60.1 cm³/mol. The third-order valence-corrected chi connectivity index (χ3v) is 2.56. The Morgan fingerprint density at radius 3 is 2.62 bits per heavy atom. The molecule has 0 bridgehead atoms. The molecule has 88 valence electrons. The second-order valence-electron chi connectivity index (χ2n) is 3.09. The van der Waals surface area contributed by atoms with E-state index in [4.69, 9.17) is 4.74 Å². The van der Waals surface area contributed by atoms with Gasteiger partial charge in [0.1, 0.15) is 0 Å². The summed E-state index contributed by atoms with van der Waals surface area (Å²) < 4.78 is 42.4. The number of ether oxygens (including phenoxy) is 1. The van der Waals surface area contributed by atoms with Gasteiger partial charge in [0.15, 0.2) is 0 Å². The molecule has 0 aliphatic heterocycles. The third kappa shape index (κ3) is 3.64. The summed E-state index contributed by atoms with van der Waals surface area (Å²) in [7, 11) is 1.52. The fourth-order valence-electron chi connectivity index (χ4n) is 1.14. The molecule has 0 aromatic heterocycles. The van der Waals surface area contributed by atoms with Gasteiger partial charge in [0.05, 0.1) is 12.2 Å². The lowest BCUT2D eigenvalue weighted by Crippen LogP contribution is -2.06. The fraction of sp³-hybridized carbons (Fsp3) is 0.273. The quantitative estimate of drug-likeness (QED) is 0.814. The van der Waals surface area contributed by atoms with Crippen molar-refractivity contribution in [1.29, 1.82) is 0 Å². The zero-order chi connectivity index (χ0) is 12.2. The van der Waals surface area contributed by atoms with Crippen molar-refractivity contribution in [2.24, 2.45) is 0 Å². The van der Waals surface area contributed by atoms with Gasteiger partial charge in [0.25, 0.3) is 0 Å². The molecule has 0 unspecified atom stereocenters. The van der Waals surface area contributed by atoms with Crippen molar-refractivity contribution < 1.29 is 17.9 Å². The van der Waals surface area contributed by atoms with Gasteiger partial charge in [-0.3, -0.25) is 0 Å². The van der Waals surface area contributed by atoms with Crippen molar-refractivity contribution in [2.75, 3.05) is 13.7 Å². The molecule has 0 aliphatic rings. The summed E-state index contributed by atoms with van der Waals surface area (Å²) in [5, 5.41) is 0. The third-order valence-electron chi connectivity index (χ3n) is 1.87. The molecule has 1 aromatic carbocycles. The van der Waals surface area contributed by atoms with Gasteiger partial charge in [0.2, 0.25) is 0 Å². The van der Waals surface area contributed by atoms with Crippen LogP contribution >= 0.6 is 15.9 Å². The average molecular weight is 295 g/mol. The SMILES string of the molecule is COCC=Cc1ccc(Br)c(C(F)(F)F)c1. The molecular formula is C11H10BrF3O. The number of alkyl halides is 3. The number of halogens is 4. The second-order valence-corrected chi connectivity index (χ2v) is 3.95. The normalized spacial score (nSPS) is 12.3. The Bertz CT molecular complexity index is 385. The van der Waals surface area contributed by atoms with Crippen LogP contribution in [-0.2, 0) is 10.9 Å². The van der Waals surface area contributed by atoms with Crippen LogP contribution in [0.5, 0.6) is 0 Å². The molecule has 1 rings (SSSR count). The Morgan fingerprint density at radius 2 is 2.06 bits per heavy atom. The summed E-state index contributed by atoms with van der Waals surface area (Å²) in [5.41, 5.74) is -0.181. The topological polar surface area (TPSA) is 9.23 Å². The molecule has 0 spiro atoms. The van der Waals surface area contributed by atoms with Gasteiger partial charge < -0.3 is 4.74 Å². The number of rotatable bonds is 3. The van der Waals surface area contributed by atoms with E-state index in [1.807, 2.05) is 0 Å². The van der Waals surface area contributed by atoms with Gasteiger partial charge in [-0.2, -0.15) is 13.2 Å². The van der Waals surface area contributed by atoms with Crippen LogP contribution in [0.15, 0.2) is 28.7 Å². The first-order valence-electron chi connectivity index (χ1n) is 4.47. The maximum Gasteiger partial charge on any atom is 0.417 e. The molecule has 0 saturated heterocycles. The number of methoxy groups -OCH3 is 1. The summed E-state index contributed by atoms with van der Waals surface area (Å²) in [6, 6.07) is 4.08. The van der Waals surface area contributed by atoms with E-state index in [1.165, 1.54) is 13.2 Å². The van der Waals surface area contributed by atoms with E-state index >= 15 is 0 Å². The van der Waals surface area contributed by atoms with Crippen molar-refractivity contribution >= 4 is 22.0 Å². The van der Waals surface area contributed by atoms with Crippen LogP contribution in [0.1, 0.15) is 11.1 Å². The zero-order valence-corrected chi connectivity index (χ0v) is 10.1. The lowest BCUT2D eigenvalue weighted by Gasteiger charge is -2.09. The van der Waals surface area contributed by atoms with E-state index in [0.29, 0.717) is 12.2 Å². The van der Waals surface area contributed by atoms with Crippen LogP contribution in [0.4, 0.5) is 13.2 Å². The Labute approximate surface area is 100 Å². The lowest BCUT2D eigenvalue weighted by atomic mass is 10.1. The monoisotopic (exact) mass is 294 g/mol. The highest BCUT2D eigenvalue weighted by Crippen LogP contribution is 2.35. The minimum Gasteiger partial charge on any atom is -0.381 e. The Morgan fingerprint density at radius 1 is 1.38 bits per heavy atom. The van der Waals surface area contributed by atoms with Gasteiger partial charge >= 0.3 is 6.18 Å². The molecule has 0 fully saturated rings. The van der Waals surface area contributed by atoms with E-state index in [9.17, 15) is 13.2 Å². The minimum atomic E-state index is -4.34. The van der Waals surface area contributed by atoms with Crippen molar-refractivity contribution in [1.82, 2.24) is 0 Å². The van der Waals surface area contributed by atoms with Gasteiger partial charge in [-0.05, 0) is 17.7 Å². The van der Waals surface area contributed by atoms with Gasteiger partial charge in [-0.15, -0.1) is 0 Å². The van der Waals surface area contributed by atoms with Gasteiger partial charge in [-0.1, -0.05) is 34.1 Å². The first-order chi connectivity index (χ1) is 7.45. The standard InChI is InChI=1S/C11H10BrF3O/c1-16-6-2-3-8-4-5-10(12)9(7-8)11(13,14)15/h2-5,7H,6H2,1H3. The summed E-state index contributed by atoms with van der Waals surface area (Å²) in [4.78, 5) is 0. The second kappa shape index (κ2) is 5.50. The molecule has 0 radical (unpaired) electrons. The average Bonchev–Trinajstić information content (AvgIpc) is 2.19. The predicted octanol–water partition coefficient (Wildman–Crippen LogP) is 4.13. The van der Waals surface area contributed by atoms with E-state index in [-0.39, 0.29) is 4.47 Å². The lowest BCUT2D eigenvalue weighted by molar-refractivity contribution is -0.138. The number of benzene rings is 1. The van der Waals surface area contributed by atoms with E-state index in [1.54, 1.807) is 18.2 Å². The summed E-state index contributed by atoms with van der Waals surface area (Å²) in [5.74, 6) is 0. The highest BCUT2D eigenvalue weighted by molar-refractivity contribution is 9.10. The van der Waals surface area contributed by atoms with Crippen molar-refractivity contribution in [3.63, 3.8) is 0 Å². The van der Waals surface area contributed by atoms with Crippen LogP contribution in [-0.4, -0.2) is 13.7 Å². The minimum absolute atomic E-state index is 0.0453. The van der Waals surface area contributed by atoms with Crippen LogP contribution in [0.25, 0.3) is 6.08 Å². The highest BCUT2D eigenvalue weighted by atomic mass is 79.9. The van der Waals surface area contributed by atoms with Gasteiger partial charge in [0, 0.05) is 11.6 Å². The molecule has 0 amide bonds. The molecule has 0 saturated carbocycles. The zero-order valence-electron chi connectivity index (χ0n) is 8.51. The van der Waals surface area contributed by atoms with Crippen LogP contribution in [0, 0.1) is 0 Å². The molecule has 5 heteroatoms. The van der Waals surface area contributed by atoms with Crippen LogP contribution < -0.4 is 0 Å². The first kappa shape index (κ1) is 13.3. The molecule has 0 aliphatic carbocycles. The summed E-state index contributed by atoms with van der Waals surface area (Å²) in [6.07, 6.45) is -1.10. The van der Waals surface area contributed by atoms with E-state index < -0.39 is 11.7 Å². The van der Waals surface area contributed by atoms with Crippen LogP contribution in [0.2, 0.25) is 0 Å². The molecule has 1 nitrogen and oxygen atoms in total. The number of hydrogen-bond acceptors (Lipinski definition) is 1. The Balaban J connectivity index is 2.99. The molecule has 16 heavy (non-hydrogen) atoms. The van der Waals surface area contributed by atoms with Crippen molar-refractivity contribution in [2.45, 2.75) is 6.18 Å².